The zero-order valence-corrected chi connectivity index (χ0v) is 8.99. The van der Waals surface area contributed by atoms with Gasteiger partial charge in [-0.2, -0.15) is 0 Å². The highest BCUT2D eigenvalue weighted by Crippen LogP contribution is 2.37. The molecule has 0 aliphatic heterocycles. The zero-order chi connectivity index (χ0) is 10.9. The molecule has 0 spiro atoms. The largest absolute Gasteiger partial charge is 0.508 e. The van der Waals surface area contributed by atoms with Gasteiger partial charge in [-0.25, -0.2) is 0 Å². The van der Waals surface area contributed by atoms with Gasteiger partial charge in [-0.05, 0) is 36.0 Å². The molecule has 0 heterocycles. The summed E-state index contributed by atoms with van der Waals surface area (Å²) in [5.74, 6) is 0.640. The molecule has 0 bridgehead atoms. The number of ketones is 1. The van der Waals surface area contributed by atoms with Gasteiger partial charge in [-0.15, -0.1) is 0 Å². The standard InChI is InChI=1S/C13H16O2/c1-13(8-2-3-12(15)9-13)10-4-6-11(14)7-5-10/h4-7,14H,2-3,8-9H2,1H3/t13-/m1/s1. The maximum absolute atomic E-state index is 11.5. The van der Waals surface area contributed by atoms with Gasteiger partial charge in [0.05, 0.1) is 0 Å². The summed E-state index contributed by atoms with van der Waals surface area (Å²) in [6.07, 6.45) is 3.41. The lowest BCUT2D eigenvalue weighted by molar-refractivity contribution is -0.121. The van der Waals surface area contributed by atoms with Gasteiger partial charge in [0, 0.05) is 12.8 Å². The van der Waals surface area contributed by atoms with Crippen LogP contribution < -0.4 is 0 Å². The van der Waals surface area contributed by atoms with Crippen molar-refractivity contribution in [3.63, 3.8) is 0 Å². The van der Waals surface area contributed by atoms with E-state index in [-0.39, 0.29) is 11.2 Å². The first-order valence-corrected chi connectivity index (χ1v) is 5.41. The van der Waals surface area contributed by atoms with E-state index in [1.807, 2.05) is 12.1 Å². The first kappa shape index (κ1) is 10.2. The third kappa shape index (κ3) is 2.04. The number of carbonyl (C=O) groups is 1. The van der Waals surface area contributed by atoms with E-state index in [0.29, 0.717) is 12.2 Å². The molecular weight excluding hydrogens is 188 g/mol. The molecule has 0 amide bonds. The van der Waals surface area contributed by atoms with Gasteiger partial charge in [-0.1, -0.05) is 19.1 Å². The summed E-state index contributed by atoms with van der Waals surface area (Å²) in [5.41, 5.74) is 1.14. The molecule has 15 heavy (non-hydrogen) atoms. The average Bonchev–Trinajstić information content (AvgIpc) is 2.18. The Morgan fingerprint density at radius 2 is 1.93 bits per heavy atom. The molecule has 1 atom stereocenters. The highest BCUT2D eigenvalue weighted by Gasteiger charge is 2.32. The highest BCUT2D eigenvalue weighted by atomic mass is 16.3. The summed E-state index contributed by atoms with van der Waals surface area (Å²) in [6.45, 7) is 2.14. The van der Waals surface area contributed by atoms with Crippen molar-refractivity contribution in [2.45, 2.75) is 38.0 Å². The Balaban J connectivity index is 2.28. The fourth-order valence-corrected chi connectivity index (χ4v) is 2.40. The van der Waals surface area contributed by atoms with Crippen molar-refractivity contribution in [2.24, 2.45) is 0 Å². The topological polar surface area (TPSA) is 37.3 Å². The normalized spacial score (nSPS) is 26.6. The smallest absolute Gasteiger partial charge is 0.133 e. The minimum Gasteiger partial charge on any atom is -0.508 e. The lowest BCUT2D eigenvalue weighted by Gasteiger charge is -2.33. The van der Waals surface area contributed by atoms with Crippen molar-refractivity contribution in [3.05, 3.63) is 29.8 Å². The lowest BCUT2D eigenvalue weighted by atomic mass is 9.70. The quantitative estimate of drug-likeness (QED) is 0.763. The average molecular weight is 204 g/mol. The van der Waals surface area contributed by atoms with Crippen LogP contribution in [0, 0.1) is 0 Å². The molecule has 0 unspecified atom stereocenters. The number of hydrogen-bond donors (Lipinski definition) is 1. The Labute approximate surface area is 89.9 Å². The van der Waals surface area contributed by atoms with Gasteiger partial charge >= 0.3 is 0 Å². The number of carbonyl (C=O) groups excluding carboxylic acids is 1. The molecule has 1 saturated carbocycles. The van der Waals surface area contributed by atoms with Crippen LogP contribution in [0.3, 0.4) is 0 Å². The summed E-state index contributed by atoms with van der Waals surface area (Å²) in [6, 6.07) is 7.24. The fourth-order valence-electron chi connectivity index (χ4n) is 2.40. The molecular formula is C13H16O2. The van der Waals surface area contributed by atoms with Crippen LogP contribution in [0.2, 0.25) is 0 Å². The Kier molecular flexibility index (Phi) is 2.51. The fraction of sp³-hybridized carbons (Fsp3) is 0.462. The number of aromatic hydroxyl groups is 1. The summed E-state index contributed by atoms with van der Waals surface area (Å²) in [7, 11) is 0. The van der Waals surface area contributed by atoms with E-state index >= 15 is 0 Å². The van der Waals surface area contributed by atoms with Gasteiger partial charge in [0.1, 0.15) is 11.5 Å². The Morgan fingerprint density at radius 3 is 2.53 bits per heavy atom. The van der Waals surface area contributed by atoms with E-state index in [2.05, 4.69) is 6.92 Å². The third-order valence-corrected chi connectivity index (χ3v) is 3.34. The van der Waals surface area contributed by atoms with Crippen LogP contribution in [-0.2, 0) is 10.2 Å². The summed E-state index contributed by atoms with van der Waals surface area (Å²) >= 11 is 0. The van der Waals surface area contributed by atoms with Gasteiger partial charge < -0.3 is 5.11 Å². The van der Waals surface area contributed by atoms with E-state index < -0.39 is 0 Å². The number of Topliss-reactive ketones (excluding diaryl/α,β-unsaturated/α-hetero) is 1. The molecule has 1 N–H and O–H groups in total. The first-order valence-electron chi connectivity index (χ1n) is 5.41. The maximum Gasteiger partial charge on any atom is 0.133 e. The number of benzene rings is 1. The molecule has 0 saturated heterocycles. The minimum atomic E-state index is -0.0248. The van der Waals surface area contributed by atoms with Gasteiger partial charge in [0.15, 0.2) is 0 Å². The minimum absolute atomic E-state index is 0.0248. The second kappa shape index (κ2) is 3.69. The molecule has 1 aromatic carbocycles. The molecule has 0 aromatic heterocycles. The molecule has 2 nitrogen and oxygen atoms in total. The molecule has 1 aliphatic carbocycles. The molecule has 0 radical (unpaired) electrons. The van der Waals surface area contributed by atoms with Crippen LogP contribution in [0.15, 0.2) is 24.3 Å². The lowest BCUT2D eigenvalue weighted by Crippen LogP contribution is -2.29. The molecule has 2 heteroatoms. The molecule has 1 fully saturated rings. The van der Waals surface area contributed by atoms with Crippen LogP contribution in [0.25, 0.3) is 0 Å². The van der Waals surface area contributed by atoms with Crippen LogP contribution in [0.1, 0.15) is 38.2 Å². The van der Waals surface area contributed by atoms with Crippen LogP contribution >= 0.6 is 0 Å². The number of phenolic OH excluding ortho intramolecular Hbond substituents is 1. The van der Waals surface area contributed by atoms with E-state index in [1.54, 1.807) is 12.1 Å². The summed E-state index contributed by atoms with van der Waals surface area (Å²) in [4.78, 5) is 11.5. The number of hydrogen-bond acceptors (Lipinski definition) is 2. The van der Waals surface area contributed by atoms with E-state index in [9.17, 15) is 9.90 Å². The Hall–Kier alpha value is -1.31. The van der Waals surface area contributed by atoms with E-state index in [0.717, 1.165) is 24.8 Å². The molecule has 2 rings (SSSR count). The van der Waals surface area contributed by atoms with Gasteiger partial charge in [0.25, 0.3) is 0 Å². The first-order chi connectivity index (χ1) is 7.10. The maximum atomic E-state index is 11.5. The van der Waals surface area contributed by atoms with Crippen molar-refractivity contribution >= 4 is 5.78 Å². The van der Waals surface area contributed by atoms with Crippen LogP contribution in [-0.4, -0.2) is 10.9 Å². The zero-order valence-electron chi connectivity index (χ0n) is 8.99. The monoisotopic (exact) mass is 204 g/mol. The van der Waals surface area contributed by atoms with Gasteiger partial charge in [-0.3, -0.25) is 4.79 Å². The Bertz CT molecular complexity index is 367. The van der Waals surface area contributed by atoms with Crippen molar-refractivity contribution in [1.82, 2.24) is 0 Å². The van der Waals surface area contributed by atoms with Crippen molar-refractivity contribution in [1.29, 1.82) is 0 Å². The van der Waals surface area contributed by atoms with E-state index in [4.69, 9.17) is 0 Å². The summed E-state index contributed by atoms with van der Waals surface area (Å²) < 4.78 is 0. The molecule has 1 aliphatic rings. The molecule has 80 valence electrons. The van der Waals surface area contributed by atoms with Crippen molar-refractivity contribution in [2.75, 3.05) is 0 Å². The number of phenols is 1. The van der Waals surface area contributed by atoms with Crippen molar-refractivity contribution < 1.29 is 9.90 Å². The van der Waals surface area contributed by atoms with Gasteiger partial charge in [0.2, 0.25) is 0 Å². The van der Waals surface area contributed by atoms with E-state index in [1.165, 1.54) is 0 Å². The predicted molar refractivity (Wildman–Crippen MR) is 58.9 cm³/mol. The van der Waals surface area contributed by atoms with Crippen LogP contribution in [0.5, 0.6) is 5.75 Å². The second-order valence-corrected chi connectivity index (χ2v) is 4.68. The Morgan fingerprint density at radius 1 is 1.27 bits per heavy atom. The number of rotatable bonds is 1. The molecule has 1 aromatic rings. The summed E-state index contributed by atoms with van der Waals surface area (Å²) in [5, 5.41) is 9.22. The van der Waals surface area contributed by atoms with Crippen molar-refractivity contribution in [3.8, 4) is 5.75 Å². The van der Waals surface area contributed by atoms with Crippen LogP contribution in [0.4, 0.5) is 0 Å². The highest BCUT2D eigenvalue weighted by molar-refractivity contribution is 5.80. The predicted octanol–water partition coefficient (Wildman–Crippen LogP) is 2.79. The SMILES string of the molecule is C[C@@]1(c2ccc(O)cc2)CCCC(=O)C1. The second-order valence-electron chi connectivity index (χ2n) is 4.68. The third-order valence-electron chi connectivity index (χ3n) is 3.34.